The molecule has 2 rings (SSSR count). The van der Waals surface area contributed by atoms with Crippen molar-refractivity contribution < 1.29 is 18.7 Å². The standard InChI is InChI=1S/C14H15NO4/c1-9-10-6-4-5-7-11(10)19-13(9)14(17)15(2)8-12(16)18-3/h4-7H,8H2,1-3H3. The van der Waals surface area contributed by atoms with Crippen LogP contribution in [0.25, 0.3) is 11.0 Å². The van der Waals surface area contributed by atoms with Gasteiger partial charge in [-0.3, -0.25) is 9.59 Å². The van der Waals surface area contributed by atoms with Crippen molar-refractivity contribution in [2.45, 2.75) is 6.92 Å². The van der Waals surface area contributed by atoms with Crippen molar-refractivity contribution >= 4 is 22.8 Å². The maximum atomic E-state index is 12.2. The molecule has 0 bridgehead atoms. The van der Waals surface area contributed by atoms with Gasteiger partial charge < -0.3 is 14.1 Å². The third-order valence-corrected chi connectivity index (χ3v) is 2.98. The van der Waals surface area contributed by atoms with E-state index in [0.717, 1.165) is 10.9 Å². The Hall–Kier alpha value is -2.30. The lowest BCUT2D eigenvalue weighted by atomic mass is 10.1. The highest BCUT2D eigenvalue weighted by molar-refractivity contribution is 5.99. The highest BCUT2D eigenvalue weighted by Crippen LogP contribution is 2.25. The number of likely N-dealkylation sites (N-methyl/N-ethyl adjacent to an activating group) is 1. The number of hydrogen-bond donors (Lipinski definition) is 0. The smallest absolute Gasteiger partial charge is 0.325 e. The van der Waals surface area contributed by atoms with Crippen molar-refractivity contribution in [2.24, 2.45) is 0 Å². The maximum absolute atomic E-state index is 12.2. The van der Waals surface area contributed by atoms with Crippen molar-refractivity contribution in [1.82, 2.24) is 4.90 Å². The number of methoxy groups -OCH3 is 1. The molecular weight excluding hydrogens is 246 g/mol. The fourth-order valence-corrected chi connectivity index (χ4v) is 1.88. The lowest BCUT2D eigenvalue weighted by Gasteiger charge is -2.14. The molecule has 0 radical (unpaired) electrons. The first-order valence-corrected chi connectivity index (χ1v) is 5.85. The summed E-state index contributed by atoms with van der Waals surface area (Å²) in [6, 6.07) is 7.43. The second-order valence-corrected chi connectivity index (χ2v) is 4.29. The van der Waals surface area contributed by atoms with E-state index in [-0.39, 0.29) is 18.2 Å². The molecule has 0 aliphatic rings. The fraction of sp³-hybridized carbons (Fsp3) is 0.286. The Morgan fingerprint density at radius 3 is 2.63 bits per heavy atom. The van der Waals surface area contributed by atoms with Crippen molar-refractivity contribution in [1.29, 1.82) is 0 Å². The van der Waals surface area contributed by atoms with E-state index in [9.17, 15) is 9.59 Å². The van der Waals surface area contributed by atoms with Gasteiger partial charge in [0.2, 0.25) is 0 Å². The van der Waals surface area contributed by atoms with Gasteiger partial charge in [0.1, 0.15) is 12.1 Å². The Morgan fingerprint density at radius 2 is 2.00 bits per heavy atom. The van der Waals surface area contributed by atoms with Crippen LogP contribution in [0.3, 0.4) is 0 Å². The Kier molecular flexibility index (Phi) is 3.55. The van der Waals surface area contributed by atoms with Gasteiger partial charge in [-0.1, -0.05) is 18.2 Å². The zero-order chi connectivity index (χ0) is 14.0. The fourth-order valence-electron chi connectivity index (χ4n) is 1.88. The van der Waals surface area contributed by atoms with Crippen LogP contribution in [0.15, 0.2) is 28.7 Å². The van der Waals surface area contributed by atoms with E-state index in [0.29, 0.717) is 5.58 Å². The Bertz CT molecular complexity index is 629. The minimum absolute atomic E-state index is 0.105. The maximum Gasteiger partial charge on any atom is 0.325 e. The molecule has 0 aliphatic heterocycles. The van der Waals surface area contributed by atoms with E-state index in [1.165, 1.54) is 19.1 Å². The number of hydrogen-bond acceptors (Lipinski definition) is 4. The van der Waals surface area contributed by atoms with Gasteiger partial charge in [-0.2, -0.15) is 0 Å². The number of nitrogens with zero attached hydrogens (tertiary/aromatic N) is 1. The van der Waals surface area contributed by atoms with E-state index in [4.69, 9.17) is 4.42 Å². The van der Waals surface area contributed by atoms with Crippen LogP contribution in [-0.4, -0.2) is 37.5 Å². The molecule has 0 aliphatic carbocycles. The highest BCUT2D eigenvalue weighted by Gasteiger charge is 2.22. The van der Waals surface area contributed by atoms with E-state index < -0.39 is 5.97 Å². The predicted octanol–water partition coefficient (Wildman–Crippen LogP) is 1.99. The van der Waals surface area contributed by atoms with Crippen LogP contribution in [0.4, 0.5) is 0 Å². The zero-order valence-corrected chi connectivity index (χ0v) is 11.1. The number of amides is 1. The zero-order valence-electron chi connectivity index (χ0n) is 11.1. The Balaban J connectivity index is 2.31. The van der Waals surface area contributed by atoms with Crippen LogP contribution in [0.1, 0.15) is 16.1 Å². The van der Waals surface area contributed by atoms with Gasteiger partial charge in [-0.05, 0) is 13.0 Å². The summed E-state index contributed by atoms with van der Waals surface area (Å²) in [6.07, 6.45) is 0. The second kappa shape index (κ2) is 5.14. The number of benzene rings is 1. The summed E-state index contributed by atoms with van der Waals surface area (Å²) in [4.78, 5) is 24.7. The molecule has 5 nitrogen and oxygen atoms in total. The normalized spacial score (nSPS) is 10.5. The number of carbonyl (C=O) groups excluding carboxylic acids is 2. The van der Waals surface area contributed by atoms with E-state index in [1.54, 1.807) is 6.07 Å². The van der Waals surface area contributed by atoms with Crippen LogP contribution in [0.2, 0.25) is 0 Å². The second-order valence-electron chi connectivity index (χ2n) is 4.29. The molecule has 2 aromatic rings. The minimum atomic E-state index is -0.468. The molecule has 0 fully saturated rings. The monoisotopic (exact) mass is 261 g/mol. The van der Waals surface area contributed by atoms with E-state index in [2.05, 4.69) is 4.74 Å². The molecule has 19 heavy (non-hydrogen) atoms. The molecule has 100 valence electrons. The quantitative estimate of drug-likeness (QED) is 0.793. The van der Waals surface area contributed by atoms with Gasteiger partial charge in [-0.15, -0.1) is 0 Å². The van der Waals surface area contributed by atoms with Crippen molar-refractivity contribution in [3.8, 4) is 0 Å². The number of carbonyl (C=O) groups is 2. The molecule has 1 heterocycles. The topological polar surface area (TPSA) is 59.8 Å². The van der Waals surface area contributed by atoms with Gasteiger partial charge >= 0.3 is 5.97 Å². The molecule has 0 saturated heterocycles. The molecule has 5 heteroatoms. The van der Waals surface area contributed by atoms with Gasteiger partial charge in [0.15, 0.2) is 5.76 Å². The number of rotatable bonds is 3. The average molecular weight is 261 g/mol. The van der Waals surface area contributed by atoms with Gasteiger partial charge in [0.05, 0.1) is 7.11 Å². The Labute approximate surface area is 110 Å². The first kappa shape index (κ1) is 13.1. The van der Waals surface area contributed by atoms with Crippen molar-refractivity contribution in [3.05, 3.63) is 35.6 Å². The first-order chi connectivity index (χ1) is 9.04. The lowest BCUT2D eigenvalue weighted by Crippen LogP contribution is -2.32. The average Bonchev–Trinajstić information content (AvgIpc) is 2.75. The number of fused-ring (bicyclic) bond motifs is 1. The molecule has 0 spiro atoms. The molecule has 1 amide bonds. The summed E-state index contributed by atoms with van der Waals surface area (Å²) in [5, 5.41) is 0.900. The predicted molar refractivity (Wildman–Crippen MR) is 69.9 cm³/mol. The number of esters is 1. The van der Waals surface area contributed by atoms with Gasteiger partial charge in [-0.25, -0.2) is 0 Å². The highest BCUT2D eigenvalue weighted by atomic mass is 16.5. The van der Waals surface area contributed by atoms with Gasteiger partial charge in [0.25, 0.3) is 5.91 Å². The summed E-state index contributed by atoms with van der Waals surface area (Å²) in [5.74, 6) is -0.545. The summed E-state index contributed by atoms with van der Waals surface area (Å²) in [7, 11) is 2.82. The van der Waals surface area contributed by atoms with Crippen LogP contribution in [0, 0.1) is 6.92 Å². The van der Waals surface area contributed by atoms with Crippen LogP contribution in [-0.2, 0) is 9.53 Å². The van der Waals surface area contributed by atoms with Crippen molar-refractivity contribution in [3.63, 3.8) is 0 Å². The van der Waals surface area contributed by atoms with Crippen LogP contribution < -0.4 is 0 Å². The number of ether oxygens (including phenoxy) is 1. The third-order valence-electron chi connectivity index (χ3n) is 2.98. The van der Waals surface area contributed by atoms with Gasteiger partial charge in [0, 0.05) is 18.0 Å². The Morgan fingerprint density at radius 1 is 1.32 bits per heavy atom. The first-order valence-electron chi connectivity index (χ1n) is 5.85. The molecule has 0 N–H and O–H groups in total. The number of para-hydroxylation sites is 1. The molecule has 1 aromatic carbocycles. The summed E-state index contributed by atoms with van der Waals surface area (Å²) >= 11 is 0. The summed E-state index contributed by atoms with van der Waals surface area (Å²) in [5.41, 5.74) is 1.44. The van der Waals surface area contributed by atoms with Crippen LogP contribution in [0.5, 0.6) is 0 Å². The molecule has 0 saturated carbocycles. The molecule has 0 atom stereocenters. The number of furan rings is 1. The van der Waals surface area contributed by atoms with E-state index >= 15 is 0 Å². The molecule has 0 unspecified atom stereocenters. The minimum Gasteiger partial charge on any atom is -0.468 e. The summed E-state index contributed by atoms with van der Waals surface area (Å²) in [6.45, 7) is 1.72. The lowest BCUT2D eigenvalue weighted by molar-refractivity contribution is -0.141. The molecule has 1 aromatic heterocycles. The summed E-state index contributed by atoms with van der Waals surface area (Å²) < 4.78 is 10.1. The largest absolute Gasteiger partial charge is 0.468 e. The molecular formula is C14H15NO4. The van der Waals surface area contributed by atoms with Crippen molar-refractivity contribution in [2.75, 3.05) is 20.7 Å². The third kappa shape index (κ3) is 2.45. The van der Waals surface area contributed by atoms with E-state index in [1.807, 2.05) is 25.1 Å². The van der Waals surface area contributed by atoms with Crippen LogP contribution >= 0.6 is 0 Å². The number of aryl methyl sites for hydroxylation is 1. The SMILES string of the molecule is COC(=O)CN(C)C(=O)c1oc2ccccc2c1C.